The highest BCUT2D eigenvalue weighted by atomic mass is 32.2. The Morgan fingerprint density at radius 2 is 1.82 bits per heavy atom. The molecule has 1 heterocycles. The molecule has 1 aliphatic heterocycles. The number of sulfonamides is 1. The zero-order valence-corrected chi connectivity index (χ0v) is 17.2. The second-order valence-corrected chi connectivity index (χ2v) is 9.74. The third-order valence-corrected chi connectivity index (χ3v) is 6.29. The number of thioether (sulfide) groups is 1. The first-order valence-electron chi connectivity index (χ1n) is 7.99. The van der Waals surface area contributed by atoms with Crippen LogP contribution >= 0.6 is 11.8 Å². The van der Waals surface area contributed by atoms with Gasteiger partial charge in [0.25, 0.3) is 10.0 Å². The summed E-state index contributed by atoms with van der Waals surface area (Å²) in [5, 5.41) is 14.3. The molecule has 0 spiro atoms. The molecule has 1 aromatic rings. The van der Waals surface area contributed by atoms with Crippen LogP contribution in [-0.4, -0.2) is 53.8 Å². The second kappa shape index (κ2) is 7.85. The summed E-state index contributed by atoms with van der Waals surface area (Å²) in [4.78, 5) is 36.0. The molecule has 0 radical (unpaired) electrons. The molecule has 2 rings (SSSR count). The van der Waals surface area contributed by atoms with Crippen LogP contribution in [0.3, 0.4) is 0 Å². The lowest BCUT2D eigenvalue weighted by Gasteiger charge is -2.43. The summed E-state index contributed by atoms with van der Waals surface area (Å²) >= 11 is 0.726. The first kappa shape index (κ1) is 21.8. The fourth-order valence-electron chi connectivity index (χ4n) is 2.48. The molecule has 1 atom stereocenters. The number of benzene rings is 1. The Morgan fingerprint density at radius 1 is 1.25 bits per heavy atom. The number of hydrogen-bond acceptors (Lipinski definition) is 7. The zero-order chi connectivity index (χ0) is 21.3. The largest absolute Gasteiger partial charge is 0.753 e. The Morgan fingerprint density at radius 3 is 2.36 bits per heavy atom. The van der Waals surface area contributed by atoms with E-state index in [1.165, 1.54) is 33.0 Å². The fourth-order valence-corrected chi connectivity index (χ4v) is 4.39. The van der Waals surface area contributed by atoms with Crippen LogP contribution in [0.25, 0.3) is 0 Å². The van der Waals surface area contributed by atoms with Gasteiger partial charge in [-0.15, -0.1) is 0 Å². The molecule has 154 valence electrons. The van der Waals surface area contributed by atoms with Gasteiger partial charge in [-0.3, -0.25) is 4.79 Å². The maximum atomic E-state index is 12.3. The molecule has 0 aliphatic carbocycles. The summed E-state index contributed by atoms with van der Waals surface area (Å²) in [6.07, 6.45) is -1.39. The topological polar surface area (TPSA) is 151 Å². The summed E-state index contributed by atoms with van der Waals surface area (Å²) in [6.45, 7) is 4.85. The Labute approximate surface area is 166 Å². The molecule has 0 bridgehead atoms. The van der Waals surface area contributed by atoms with Gasteiger partial charge in [-0.1, -0.05) is 29.5 Å². The Kier molecular flexibility index (Phi) is 6.11. The Hall–Kier alpha value is -2.51. The van der Waals surface area contributed by atoms with E-state index in [0.717, 1.165) is 17.3 Å². The number of nitrogens with one attached hydrogen (secondary N) is 3. The van der Waals surface area contributed by atoms with Crippen LogP contribution in [0.2, 0.25) is 0 Å². The summed E-state index contributed by atoms with van der Waals surface area (Å²) in [7, 11) is -2.96. The standard InChI is InChI=1S/C15H20N5O6S2/c1-9-5-7-10(8-6-9)28(25,26)18-12(21)17-19-11(20(24)13(22)16-4)15(2,3)27-14(19)23/h5-8,11H,1-4H3,(H,16,22)(H2,17,18,21)/q-1/t11-/m1/s1. The zero-order valence-electron chi connectivity index (χ0n) is 15.5. The molecule has 1 aromatic carbocycles. The van der Waals surface area contributed by atoms with E-state index in [-0.39, 0.29) is 9.96 Å². The minimum absolute atomic E-state index is 0.00660. The number of aryl methyl sites for hydroxylation is 1. The van der Waals surface area contributed by atoms with Gasteiger partial charge in [-0.05, 0) is 32.9 Å². The maximum Gasteiger partial charge on any atom is 0.347 e. The lowest BCUT2D eigenvalue weighted by atomic mass is 10.1. The molecule has 1 aliphatic rings. The van der Waals surface area contributed by atoms with Crippen LogP contribution in [0, 0.1) is 12.1 Å². The lowest BCUT2D eigenvalue weighted by molar-refractivity contribution is 0.0879. The van der Waals surface area contributed by atoms with E-state index in [1.54, 1.807) is 23.8 Å². The summed E-state index contributed by atoms with van der Waals surface area (Å²) < 4.78 is 25.3. The lowest BCUT2D eigenvalue weighted by Crippen LogP contribution is -2.61. The first-order valence-corrected chi connectivity index (χ1v) is 10.3. The van der Waals surface area contributed by atoms with E-state index in [2.05, 4.69) is 5.32 Å². The van der Waals surface area contributed by atoms with Crippen molar-refractivity contribution in [2.45, 2.75) is 36.6 Å². The normalized spacial score (nSPS) is 18.5. The van der Waals surface area contributed by atoms with Gasteiger partial charge in [-0.2, -0.15) is 0 Å². The molecule has 0 saturated carbocycles. The summed E-state index contributed by atoms with van der Waals surface area (Å²) in [5.41, 5.74) is 2.87. The van der Waals surface area contributed by atoms with Gasteiger partial charge in [0, 0.05) is 7.05 Å². The van der Waals surface area contributed by atoms with E-state index in [1.807, 2.05) is 5.43 Å². The second-order valence-electron chi connectivity index (χ2n) is 6.46. The maximum absolute atomic E-state index is 12.3. The van der Waals surface area contributed by atoms with Crippen LogP contribution < -0.4 is 15.5 Å². The van der Waals surface area contributed by atoms with E-state index in [9.17, 15) is 28.0 Å². The van der Waals surface area contributed by atoms with Gasteiger partial charge in [-0.25, -0.2) is 33.2 Å². The average Bonchev–Trinajstić information content (AvgIpc) is 2.81. The molecular weight excluding hydrogens is 410 g/mol. The third-order valence-electron chi connectivity index (χ3n) is 3.83. The van der Waals surface area contributed by atoms with Crippen molar-refractivity contribution in [3.05, 3.63) is 35.0 Å². The fraction of sp³-hybridized carbons (Fsp3) is 0.400. The van der Waals surface area contributed by atoms with Crippen LogP contribution in [-0.2, 0) is 10.0 Å². The number of hydroxylamine groups is 2. The number of amides is 5. The SMILES string of the molecule is CNC(=O)N([O-])[C@H]1N(NC(=O)NS(=O)(=O)c2ccc(C)cc2)C(=O)SC1(C)C. The van der Waals surface area contributed by atoms with Crippen molar-refractivity contribution < 1.29 is 22.8 Å². The highest BCUT2D eigenvalue weighted by molar-refractivity contribution is 8.15. The number of carbonyl (C=O) groups excluding carboxylic acids is 3. The Balaban J connectivity index is 2.19. The monoisotopic (exact) mass is 430 g/mol. The molecular formula is C15H20N5O6S2-. The minimum Gasteiger partial charge on any atom is -0.753 e. The molecule has 3 N–H and O–H groups in total. The molecule has 0 unspecified atom stereocenters. The van der Waals surface area contributed by atoms with E-state index in [4.69, 9.17) is 0 Å². The van der Waals surface area contributed by atoms with Crippen LogP contribution in [0.5, 0.6) is 0 Å². The Bertz CT molecular complexity index is 887. The van der Waals surface area contributed by atoms with E-state index < -0.39 is 38.2 Å². The number of hydrogen-bond donors (Lipinski definition) is 3. The number of nitrogens with zero attached hydrogens (tertiary/aromatic N) is 2. The van der Waals surface area contributed by atoms with Gasteiger partial charge in [0.2, 0.25) is 0 Å². The van der Waals surface area contributed by atoms with Gasteiger partial charge in [0.05, 0.1) is 9.64 Å². The highest BCUT2D eigenvalue weighted by Crippen LogP contribution is 2.41. The van der Waals surface area contributed by atoms with Crippen LogP contribution in [0.1, 0.15) is 19.4 Å². The first-order chi connectivity index (χ1) is 12.9. The van der Waals surface area contributed by atoms with Gasteiger partial charge in [0.1, 0.15) is 6.17 Å². The number of urea groups is 2. The molecule has 1 fully saturated rings. The van der Waals surface area contributed by atoms with Crippen molar-refractivity contribution in [1.29, 1.82) is 0 Å². The van der Waals surface area contributed by atoms with Crippen molar-refractivity contribution in [2.75, 3.05) is 7.05 Å². The van der Waals surface area contributed by atoms with Crippen LogP contribution in [0.4, 0.5) is 14.4 Å². The molecule has 13 heteroatoms. The highest BCUT2D eigenvalue weighted by Gasteiger charge is 2.49. The summed E-state index contributed by atoms with van der Waals surface area (Å²) in [5.74, 6) is 0. The third kappa shape index (κ3) is 4.48. The molecule has 0 aromatic heterocycles. The van der Waals surface area contributed by atoms with Crippen LogP contribution in [0.15, 0.2) is 29.2 Å². The molecule has 1 saturated heterocycles. The molecule has 11 nitrogen and oxygen atoms in total. The van der Waals surface area contributed by atoms with Crippen molar-refractivity contribution >= 4 is 39.1 Å². The smallest absolute Gasteiger partial charge is 0.347 e. The molecule has 28 heavy (non-hydrogen) atoms. The van der Waals surface area contributed by atoms with Crippen molar-refractivity contribution in [3.63, 3.8) is 0 Å². The number of hydrazine groups is 1. The van der Waals surface area contributed by atoms with Crippen molar-refractivity contribution in [3.8, 4) is 0 Å². The predicted octanol–water partition coefficient (Wildman–Crippen LogP) is 1.31. The van der Waals surface area contributed by atoms with E-state index in [0.29, 0.717) is 5.01 Å². The van der Waals surface area contributed by atoms with Gasteiger partial charge < -0.3 is 15.6 Å². The van der Waals surface area contributed by atoms with Gasteiger partial charge in [0.15, 0.2) is 0 Å². The average molecular weight is 430 g/mol. The summed E-state index contributed by atoms with van der Waals surface area (Å²) in [6, 6.07) is 3.49. The number of carbonyl (C=O) groups is 3. The van der Waals surface area contributed by atoms with Crippen molar-refractivity contribution in [2.24, 2.45) is 0 Å². The van der Waals surface area contributed by atoms with Crippen molar-refractivity contribution in [1.82, 2.24) is 25.5 Å². The predicted molar refractivity (Wildman–Crippen MR) is 102 cm³/mol. The number of rotatable bonds is 4. The van der Waals surface area contributed by atoms with Gasteiger partial charge >= 0.3 is 17.3 Å². The molecule has 5 amide bonds. The minimum atomic E-state index is -4.20. The quantitative estimate of drug-likeness (QED) is 0.609. The van der Waals surface area contributed by atoms with E-state index >= 15 is 0 Å².